The van der Waals surface area contributed by atoms with Gasteiger partial charge in [-0.3, -0.25) is 10.1 Å². The van der Waals surface area contributed by atoms with Crippen LogP contribution in [-0.4, -0.2) is 11.9 Å². The van der Waals surface area contributed by atoms with Gasteiger partial charge in [-0.2, -0.15) is 0 Å². The van der Waals surface area contributed by atoms with Crippen molar-refractivity contribution in [1.29, 1.82) is 0 Å². The molecule has 0 spiro atoms. The molecule has 0 aromatic carbocycles. The van der Waals surface area contributed by atoms with Crippen LogP contribution in [0.2, 0.25) is 0 Å². The van der Waals surface area contributed by atoms with E-state index in [4.69, 9.17) is 5.73 Å². The molecule has 0 fully saturated rings. The lowest BCUT2D eigenvalue weighted by molar-refractivity contribution is -0.120. The summed E-state index contributed by atoms with van der Waals surface area (Å²) in [7, 11) is 0. The summed E-state index contributed by atoms with van der Waals surface area (Å²) in [4.78, 5) is 16.5. The van der Waals surface area contributed by atoms with Gasteiger partial charge in [-0.25, -0.2) is 4.99 Å². The Kier molecular flexibility index (Phi) is 1.81. The van der Waals surface area contributed by atoms with E-state index >= 15 is 0 Å². The number of rotatable bonds is 1. The van der Waals surface area contributed by atoms with Gasteiger partial charge in [0.1, 0.15) is 0 Å². The molecular formula is C8H9N3OS. The molecule has 1 atom stereocenters. The number of amides is 1. The zero-order chi connectivity index (χ0) is 9.42. The molecule has 1 amide bonds. The first-order chi connectivity index (χ1) is 6.18. The number of nitrogens with two attached hydrogens (primary N) is 1. The summed E-state index contributed by atoms with van der Waals surface area (Å²) in [5.74, 6) is 0.0691. The van der Waals surface area contributed by atoms with Crippen LogP contribution in [0.15, 0.2) is 16.4 Å². The summed E-state index contributed by atoms with van der Waals surface area (Å²) >= 11 is 1.60. The van der Waals surface area contributed by atoms with Crippen molar-refractivity contribution in [2.24, 2.45) is 10.7 Å². The van der Waals surface area contributed by atoms with Gasteiger partial charge >= 0.3 is 0 Å². The van der Waals surface area contributed by atoms with Crippen LogP contribution >= 0.6 is 11.3 Å². The van der Waals surface area contributed by atoms with Gasteiger partial charge in [-0.1, -0.05) is 0 Å². The molecule has 1 aliphatic heterocycles. The van der Waals surface area contributed by atoms with Crippen LogP contribution in [0.5, 0.6) is 0 Å². The average Bonchev–Trinajstić information content (AvgIpc) is 2.58. The van der Waals surface area contributed by atoms with Crippen LogP contribution < -0.4 is 11.1 Å². The lowest BCUT2D eigenvalue weighted by Crippen LogP contribution is -2.31. The predicted molar refractivity (Wildman–Crippen MR) is 51.6 cm³/mol. The highest BCUT2D eigenvalue weighted by Gasteiger charge is 2.27. The molecule has 5 heteroatoms. The monoisotopic (exact) mass is 195 g/mol. The highest BCUT2D eigenvalue weighted by atomic mass is 32.1. The maximum Gasteiger partial charge on any atom is 0.256 e. The van der Waals surface area contributed by atoms with E-state index in [-0.39, 0.29) is 11.9 Å². The molecule has 2 rings (SSSR count). The Balaban J connectivity index is 2.37. The highest BCUT2D eigenvalue weighted by molar-refractivity contribution is 7.10. The molecule has 4 nitrogen and oxygen atoms in total. The maximum atomic E-state index is 11.3. The molecule has 1 unspecified atom stereocenters. The van der Waals surface area contributed by atoms with Crippen LogP contribution in [0.1, 0.15) is 16.5 Å². The Labute approximate surface area is 79.5 Å². The van der Waals surface area contributed by atoms with Gasteiger partial charge < -0.3 is 5.73 Å². The van der Waals surface area contributed by atoms with E-state index in [0.717, 1.165) is 10.4 Å². The fourth-order valence-electron chi connectivity index (χ4n) is 1.31. The van der Waals surface area contributed by atoms with Crippen molar-refractivity contribution >= 4 is 23.2 Å². The van der Waals surface area contributed by atoms with Gasteiger partial charge in [0.05, 0.1) is 0 Å². The Morgan fingerprint density at radius 2 is 2.46 bits per heavy atom. The standard InChI is InChI=1S/C8H9N3OS/c1-4-5(2-3-13-4)6-7(12)11-8(9)10-6/h2-3,6H,1H3,(H3,9,10,11,12). The number of aryl methyl sites for hydroxylation is 1. The summed E-state index contributed by atoms with van der Waals surface area (Å²) in [5, 5.41) is 4.42. The van der Waals surface area contributed by atoms with Crippen LogP contribution in [0.3, 0.4) is 0 Å². The summed E-state index contributed by atoms with van der Waals surface area (Å²) < 4.78 is 0. The third-order valence-electron chi connectivity index (χ3n) is 1.96. The zero-order valence-electron chi connectivity index (χ0n) is 7.07. The third kappa shape index (κ3) is 1.31. The van der Waals surface area contributed by atoms with E-state index in [1.54, 1.807) is 11.3 Å². The molecule has 0 bridgehead atoms. The molecule has 1 aromatic rings. The first kappa shape index (κ1) is 8.25. The molecule has 1 aromatic heterocycles. The van der Waals surface area contributed by atoms with Crippen molar-refractivity contribution in [3.63, 3.8) is 0 Å². The third-order valence-corrected chi connectivity index (χ3v) is 2.82. The van der Waals surface area contributed by atoms with E-state index < -0.39 is 6.04 Å². The van der Waals surface area contributed by atoms with Gasteiger partial charge in [0, 0.05) is 4.88 Å². The molecule has 1 aliphatic rings. The highest BCUT2D eigenvalue weighted by Crippen LogP contribution is 2.27. The number of guanidine groups is 1. The second-order valence-corrected chi connectivity index (χ2v) is 3.96. The molecule has 2 heterocycles. The molecule has 0 saturated heterocycles. The lowest BCUT2D eigenvalue weighted by Gasteiger charge is -2.02. The number of hydrogen-bond donors (Lipinski definition) is 2. The smallest absolute Gasteiger partial charge is 0.256 e. The topological polar surface area (TPSA) is 67.5 Å². The maximum absolute atomic E-state index is 11.3. The number of carbonyl (C=O) groups excluding carboxylic acids is 1. The minimum absolute atomic E-state index is 0.140. The Morgan fingerprint density at radius 1 is 1.69 bits per heavy atom. The number of carbonyl (C=O) groups is 1. The van der Waals surface area contributed by atoms with Crippen LogP contribution in [0.25, 0.3) is 0 Å². The summed E-state index contributed by atoms with van der Waals surface area (Å²) in [6, 6.07) is 1.47. The van der Waals surface area contributed by atoms with Gasteiger partial charge in [-0.15, -0.1) is 11.3 Å². The normalized spacial score (nSPS) is 21.5. The molecule has 13 heavy (non-hydrogen) atoms. The molecular weight excluding hydrogens is 186 g/mol. The van der Waals surface area contributed by atoms with Crippen molar-refractivity contribution in [2.75, 3.05) is 0 Å². The quantitative estimate of drug-likeness (QED) is 0.686. The zero-order valence-corrected chi connectivity index (χ0v) is 7.89. The molecule has 0 aliphatic carbocycles. The van der Waals surface area contributed by atoms with Crippen LogP contribution in [-0.2, 0) is 4.79 Å². The van der Waals surface area contributed by atoms with E-state index in [0.29, 0.717) is 0 Å². The van der Waals surface area contributed by atoms with Crippen molar-refractivity contribution in [2.45, 2.75) is 13.0 Å². The fourth-order valence-corrected chi connectivity index (χ4v) is 2.05. The van der Waals surface area contributed by atoms with Gasteiger partial charge in [0.25, 0.3) is 5.91 Å². The van der Waals surface area contributed by atoms with Crippen molar-refractivity contribution in [3.05, 3.63) is 21.9 Å². The van der Waals surface area contributed by atoms with Crippen LogP contribution in [0.4, 0.5) is 0 Å². The second-order valence-electron chi connectivity index (χ2n) is 2.84. The average molecular weight is 195 g/mol. The van der Waals surface area contributed by atoms with Gasteiger partial charge in [-0.05, 0) is 23.9 Å². The Hall–Kier alpha value is -1.36. The predicted octanol–water partition coefficient (Wildman–Crippen LogP) is 0.542. The SMILES string of the molecule is Cc1sccc1C1N=C(N)NC1=O. The van der Waals surface area contributed by atoms with E-state index in [1.165, 1.54) is 0 Å². The van der Waals surface area contributed by atoms with Crippen molar-refractivity contribution < 1.29 is 4.79 Å². The van der Waals surface area contributed by atoms with Gasteiger partial charge in [0.2, 0.25) is 0 Å². The molecule has 0 saturated carbocycles. The number of nitrogens with zero attached hydrogens (tertiary/aromatic N) is 1. The molecule has 3 N–H and O–H groups in total. The Morgan fingerprint density at radius 3 is 2.92 bits per heavy atom. The second kappa shape index (κ2) is 2.85. The van der Waals surface area contributed by atoms with E-state index in [1.807, 2.05) is 18.4 Å². The fraction of sp³-hybridized carbons (Fsp3) is 0.250. The minimum Gasteiger partial charge on any atom is -0.370 e. The summed E-state index contributed by atoms with van der Waals surface area (Å²) in [5.41, 5.74) is 6.34. The molecule has 0 radical (unpaired) electrons. The number of nitrogens with one attached hydrogen (secondary N) is 1. The number of aliphatic imine (C=N–C) groups is 1. The number of hydrogen-bond acceptors (Lipinski definition) is 4. The summed E-state index contributed by atoms with van der Waals surface area (Å²) in [6.45, 7) is 1.97. The van der Waals surface area contributed by atoms with Crippen LogP contribution in [0, 0.1) is 6.92 Å². The van der Waals surface area contributed by atoms with Gasteiger partial charge in [0.15, 0.2) is 12.0 Å². The molecule has 68 valence electrons. The summed E-state index contributed by atoms with van der Waals surface area (Å²) in [6.07, 6.45) is 0. The number of thiophene rings is 1. The van der Waals surface area contributed by atoms with E-state index in [9.17, 15) is 4.79 Å². The van der Waals surface area contributed by atoms with E-state index in [2.05, 4.69) is 10.3 Å². The Bertz CT molecular complexity index is 382. The lowest BCUT2D eigenvalue weighted by atomic mass is 10.1. The van der Waals surface area contributed by atoms with Crippen molar-refractivity contribution in [1.82, 2.24) is 5.32 Å². The first-order valence-corrected chi connectivity index (χ1v) is 4.74. The largest absolute Gasteiger partial charge is 0.370 e. The van der Waals surface area contributed by atoms with Crippen molar-refractivity contribution in [3.8, 4) is 0 Å². The minimum atomic E-state index is -0.439. The first-order valence-electron chi connectivity index (χ1n) is 3.86.